The molecule has 0 aromatic heterocycles. The fourth-order valence-corrected chi connectivity index (χ4v) is 1.39. The van der Waals surface area contributed by atoms with E-state index in [0.29, 0.717) is 0 Å². The number of alkyl halides is 1. The van der Waals surface area contributed by atoms with E-state index < -0.39 is 0 Å². The van der Waals surface area contributed by atoms with Crippen LogP contribution in [0.15, 0.2) is 24.3 Å². The zero-order valence-corrected chi connectivity index (χ0v) is 9.52. The molecule has 0 saturated heterocycles. The highest BCUT2D eigenvalue weighted by Crippen LogP contribution is 2.25. The first-order valence-corrected chi connectivity index (χ1v) is 5.09. The summed E-state index contributed by atoms with van der Waals surface area (Å²) < 4.78 is 0. The fraction of sp³-hybridized carbons (Fsp3) is 0.500. The van der Waals surface area contributed by atoms with E-state index in [4.69, 9.17) is 11.6 Å². The Kier molecular flexibility index (Phi) is 3.02. The predicted octanol–water partition coefficient (Wildman–Crippen LogP) is 4.28. The molecule has 0 N–H and O–H groups in total. The summed E-state index contributed by atoms with van der Waals surface area (Å²) in [5.74, 6) is 0. The molecule has 0 aliphatic heterocycles. The Morgan fingerprint density at radius 1 is 1.08 bits per heavy atom. The van der Waals surface area contributed by atoms with Gasteiger partial charge in [0, 0.05) is 0 Å². The third kappa shape index (κ3) is 2.73. The summed E-state index contributed by atoms with van der Waals surface area (Å²) in [6, 6.07) is 8.54. The van der Waals surface area contributed by atoms with Gasteiger partial charge in [0.15, 0.2) is 0 Å². The van der Waals surface area contributed by atoms with Crippen LogP contribution in [0.2, 0.25) is 0 Å². The maximum absolute atomic E-state index is 5.97. The molecule has 1 aromatic rings. The number of hydrogen-bond acceptors (Lipinski definition) is 0. The average molecular weight is 197 g/mol. The molecule has 1 aromatic carbocycles. The van der Waals surface area contributed by atoms with Crippen LogP contribution in [0.25, 0.3) is 0 Å². The van der Waals surface area contributed by atoms with Crippen molar-refractivity contribution in [3.8, 4) is 0 Å². The van der Waals surface area contributed by atoms with Crippen molar-refractivity contribution in [1.29, 1.82) is 0 Å². The number of halogens is 1. The van der Waals surface area contributed by atoms with Crippen molar-refractivity contribution in [1.82, 2.24) is 0 Å². The van der Waals surface area contributed by atoms with Crippen LogP contribution in [0.1, 0.15) is 44.2 Å². The van der Waals surface area contributed by atoms with Crippen LogP contribution in [-0.4, -0.2) is 0 Å². The van der Waals surface area contributed by atoms with E-state index in [9.17, 15) is 0 Å². The maximum Gasteiger partial charge on any atom is 0.0557 e. The van der Waals surface area contributed by atoms with Crippen molar-refractivity contribution in [2.45, 2.75) is 38.5 Å². The second-order valence-corrected chi connectivity index (χ2v) is 5.14. The van der Waals surface area contributed by atoms with Crippen LogP contribution in [-0.2, 0) is 5.41 Å². The molecule has 1 rings (SSSR count). The molecule has 0 aliphatic carbocycles. The van der Waals surface area contributed by atoms with Gasteiger partial charge in [-0.05, 0) is 23.5 Å². The average Bonchev–Trinajstić information content (AvgIpc) is 2.03. The van der Waals surface area contributed by atoms with Crippen LogP contribution in [0.3, 0.4) is 0 Å². The van der Waals surface area contributed by atoms with Crippen molar-refractivity contribution in [3.05, 3.63) is 35.4 Å². The van der Waals surface area contributed by atoms with Gasteiger partial charge in [-0.1, -0.05) is 45.0 Å². The summed E-state index contributed by atoms with van der Waals surface area (Å²) in [6.45, 7) is 8.64. The molecule has 1 heteroatoms. The fourth-order valence-electron chi connectivity index (χ4n) is 1.25. The lowest BCUT2D eigenvalue weighted by Crippen LogP contribution is -2.10. The van der Waals surface area contributed by atoms with Crippen molar-refractivity contribution in [2.24, 2.45) is 0 Å². The highest BCUT2D eigenvalue weighted by atomic mass is 35.5. The number of benzene rings is 1. The maximum atomic E-state index is 5.97. The van der Waals surface area contributed by atoms with Crippen molar-refractivity contribution in [3.63, 3.8) is 0 Å². The van der Waals surface area contributed by atoms with Crippen LogP contribution in [0, 0.1) is 0 Å². The minimum atomic E-state index is 0.106. The van der Waals surface area contributed by atoms with Crippen LogP contribution >= 0.6 is 11.6 Å². The smallest absolute Gasteiger partial charge is 0.0557 e. The summed E-state index contributed by atoms with van der Waals surface area (Å²) in [5.41, 5.74) is 2.77. The van der Waals surface area contributed by atoms with E-state index in [1.165, 1.54) is 11.1 Å². The van der Waals surface area contributed by atoms with Crippen LogP contribution in [0.4, 0.5) is 0 Å². The second kappa shape index (κ2) is 3.71. The SMILES string of the molecule is C[C@H](Cl)c1ccc(C(C)(C)C)cc1. The summed E-state index contributed by atoms with van der Waals surface area (Å²) in [4.78, 5) is 0. The van der Waals surface area contributed by atoms with E-state index >= 15 is 0 Å². The topological polar surface area (TPSA) is 0 Å². The van der Waals surface area contributed by atoms with Gasteiger partial charge in [-0.15, -0.1) is 11.6 Å². The van der Waals surface area contributed by atoms with E-state index in [2.05, 4.69) is 45.0 Å². The highest BCUT2D eigenvalue weighted by Gasteiger charge is 2.13. The van der Waals surface area contributed by atoms with Crippen molar-refractivity contribution < 1.29 is 0 Å². The van der Waals surface area contributed by atoms with Gasteiger partial charge in [0.05, 0.1) is 5.38 Å². The molecule has 0 radical (unpaired) electrons. The summed E-state index contributed by atoms with van der Waals surface area (Å²) in [6.07, 6.45) is 0. The van der Waals surface area contributed by atoms with Gasteiger partial charge < -0.3 is 0 Å². The standard InChI is InChI=1S/C12H17Cl/c1-9(13)10-5-7-11(8-6-10)12(2,3)4/h5-9H,1-4H3/t9-/m0/s1. The Bertz CT molecular complexity index is 264. The second-order valence-electron chi connectivity index (χ2n) is 4.49. The van der Waals surface area contributed by atoms with Gasteiger partial charge in [-0.2, -0.15) is 0 Å². The molecule has 72 valence electrons. The first-order chi connectivity index (χ1) is 5.91. The van der Waals surface area contributed by atoms with Gasteiger partial charge in [0.2, 0.25) is 0 Å². The molecule has 0 fully saturated rings. The van der Waals surface area contributed by atoms with Crippen molar-refractivity contribution >= 4 is 11.6 Å². The molecule has 0 amide bonds. The number of rotatable bonds is 1. The summed E-state index contributed by atoms with van der Waals surface area (Å²) in [5, 5.41) is 0.106. The molecule has 0 aliphatic rings. The Labute approximate surface area is 85.9 Å². The van der Waals surface area contributed by atoms with Crippen LogP contribution in [0.5, 0.6) is 0 Å². The Balaban J connectivity index is 2.94. The lowest BCUT2D eigenvalue weighted by Gasteiger charge is -2.19. The minimum Gasteiger partial charge on any atom is -0.118 e. The summed E-state index contributed by atoms with van der Waals surface area (Å²) in [7, 11) is 0. The third-order valence-electron chi connectivity index (χ3n) is 2.24. The molecule has 1 atom stereocenters. The summed E-state index contributed by atoms with van der Waals surface area (Å²) >= 11 is 5.97. The first kappa shape index (κ1) is 10.6. The van der Waals surface area contributed by atoms with Crippen molar-refractivity contribution in [2.75, 3.05) is 0 Å². The molecule has 0 saturated carbocycles. The monoisotopic (exact) mass is 196 g/mol. The van der Waals surface area contributed by atoms with Gasteiger partial charge in [0.25, 0.3) is 0 Å². The molecule has 13 heavy (non-hydrogen) atoms. The normalized spacial score (nSPS) is 14.2. The molecule has 0 heterocycles. The molecule has 0 nitrogen and oxygen atoms in total. The van der Waals surface area contributed by atoms with Gasteiger partial charge >= 0.3 is 0 Å². The van der Waals surface area contributed by atoms with Gasteiger partial charge in [-0.25, -0.2) is 0 Å². The molecular formula is C12H17Cl. The zero-order valence-electron chi connectivity index (χ0n) is 8.76. The molecule has 0 spiro atoms. The first-order valence-electron chi connectivity index (χ1n) is 4.66. The Morgan fingerprint density at radius 2 is 1.54 bits per heavy atom. The highest BCUT2D eigenvalue weighted by molar-refractivity contribution is 6.20. The lowest BCUT2D eigenvalue weighted by atomic mass is 9.86. The lowest BCUT2D eigenvalue weighted by molar-refractivity contribution is 0.590. The van der Waals surface area contributed by atoms with E-state index in [-0.39, 0.29) is 10.8 Å². The number of hydrogen-bond donors (Lipinski definition) is 0. The minimum absolute atomic E-state index is 0.106. The van der Waals surface area contributed by atoms with E-state index in [1.54, 1.807) is 0 Å². The molecular weight excluding hydrogens is 180 g/mol. The zero-order chi connectivity index (χ0) is 10.1. The Morgan fingerprint density at radius 3 is 1.85 bits per heavy atom. The van der Waals surface area contributed by atoms with Gasteiger partial charge in [0.1, 0.15) is 0 Å². The molecule has 0 unspecified atom stereocenters. The predicted molar refractivity (Wildman–Crippen MR) is 59.4 cm³/mol. The van der Waals surface area contributed by atoms with Gasteiger partial charge in [-0.3, -0.25) is 0 Å². The Hall–Kier alpha value is -0.490. The van der Waals surface area contributed by atoms with Crippen LogP contribution < -0.4 is 0 Å². The van der Waals surface area contributed by atoms with E-state index in [0.717, 1.165) is 0 Å². The quantitative estimate of drug-likeness (QED) is 0.588. The largest absolute Gasteiger partial charge is 0.118 e. The van der Waals surface area contributed by atoms with E-state index in [1.807, 2.05) is 6.92 Å². The molecule has 0 bridgehead atoms. The third-order valence-corrected chi connectivity index (χ3v) is 2.49.